The van der Waals surface area contributed by atoms with Crippen molar-refractivity contribution < 1.29 is 0 Å². The third-order valence-corrected chi connectivity index (χ3v) is 3.94. The predicted octanol–water partition coefficient (Wildman–Crippen LogP) is 3.35. The number of benzene rings is 1. The van der Waals surface area contributed by atoms with Crippen molar-refractivity contribution in [1.82, 2.24) is 9.88 Å². The molecular weight excluding hydrogens is 260 g/mol. The Hall–Kier alpha value is -1.81. The SMILES string of the molecule is CC(C)N(C)CCCCNc1ccnc2c(N)cccc12. The van der Waals surface area contributed by atoms with Gasteiger partial charge in [0, 0.05) is 29.9 Å². The van der Waals surface area contributed by atoms with Crippen LogP contribution in [0.4, 0.5) is 11.4 Å². The zero-order chi connectivity index (χ0) is 15.2. The van der Waals surface area contributed by atoms with Crippen LogP contribution >= 0.6 is 0 Å². The summed E-state index contributed by atoms with van der Waals surface area (Å²) in [7, 11) is 2.18. The van der Waals surface area contributed by atoms with Crippen LogP contribution in [0.3, 0.4) is 0 Å². The molecule has 1 aromatic heterocycles. The van der Waals surface area contributed by atoms with Crippen molar-refractivity contribution in [2.75, 3.05) is 31.2 Å². The van der Waals surface area contributed by atoms with E-state index < -0.39 is 0 Å². The van der Waals surface area contributed by atoms with Gasteiger partial charge in [0.25, 0.3) is 0 Å². The number of unbranched alkanes of at least 4 members (excludes halogenated alkanes) is 1. The van der Waals surface area contributed by atoms with E-state index in [0.29, 0.717) is 6.04 Å². The number of para-hydroxylation sites is 1. The Morgan fingerprint density at radius 1 is 1.24 bits per heavy atom. The van der Waals surface area contributed by atoms with Gasteiger partial charge in [0.15, 0.2) is 0 Å². The summed E-state index contributed by atoms with van der Waals surface area (Å²) in [6.45, 7) is 6.57. The van der Waals surface area contributed by atoms with Crippen LogP contribution in [0.15, 0.2) is 30.5 Å². The maximum Gasteiger partial charge on any atom is 0.0951 e. The molecule has 2 rings (SSSR count). The van der Waals surface area contributed by atoms with Gasteiger partial charge in [-0.15, -0.1) is 0 Å². The van der Waals surface area contributed by atoms with Gasteiger partial charge in [0.1, 0.15) is 0 Å². The molecule has 0 bridgehead atoms. The summed E-state index contributed by atoms with van der Waals surface area (Å²) < 4.78 is 0. The van der Waals surface area contributed by atoms with Crippen molar-refractivity contribution in [3.05, 3.63) is 30.5 Å². The Morgan fingerprint density at radius 3 is 2.81 bits per heavy atom. The van der Waals surface area contributed by atoms with Crippen molar-refractivity contribution in [2.24, 2.45) is 0 Å². The van der Waals surface area contributed by atoms with Gasteiger partial charge in [-0.3, -0.25) is 4.98 Å². The van der Waals surface area contributed by atoms with E-state index in [4.69, 9.17) is 5.73 Å². The van der Waals surface area contributed by atoms with E-state index in [2.05, 4.69) is 42.2 Å². The Morgan fingerprint density at radius 2 is 2.05 bits per heavy atom. The van der Waals surface area contributed by atoms with Gasteiger partial charge in [0.05, 0.1) is 11.2 Å². The van der Waals surface area contributed by atoms with E-state index in [1.807, 2.05) is 24.4 Å². The highest BCUT2D eigenvalue weighted by molar-refractivity contribution is 5.97. The molecule has 0 spiro atoms. The van der Waals surface area contributed by atoms with Crippen LogP contribution in [0.5, 0.6) is 0 Å². The number of aromatic nitrogens is 1. The van der Waals surface area contributed by atoms with E-state index in [0.717, 1.165) is 41.8 Å². The minimum absolute atomic E-state index is 0.616. The fraction of sp³-hybridized carbons (Fsp3) is 0.471. The van der Waals surface area contributed by atoms with Crippen molar-refractivity contribution in [1.29, 1.82) is 0 Å². The average Bonchev–Trinajstić information content (AvgIpc) is 2.47. The molecule has 21 heavy (non-hydrogen) atoms. The normalized spacial score (nSPS) is 11.5. The maximum atomic E-state index is 5.97. The van der Waals surface area contributed by atoms with Gasteiger partial charge in [0.2, 0.25) is 0 Å². The number of hydrogen-bond donors (Lipinski definition) is 2. The first-order chi connectivity index (χ1) is 10.1. The molecule has 0 amide bonds. The molecule has 4 nitrogen and oxygen atoms in total. The Labute approximate surface area is 127 Å². The molecule has 3 N–H and O–H groups in total. The number of anilines is 2. The highest BCUT2D eigenvalue weighted by Gasteiger charge is 2.04. The second-order valence-corrected chi connectivity index (χ2v) is 5.81. The fourth-order valence-corrected chi connectivity index (χ4v) is 2.32. The molecule has 0 aliphatic heterocycles. The van der Waals surface area contributed by atoms with Gasteiger partial charge in [-0.1, -0.05) is 12.1 Å². The summed E-state index contributed by atoms with van der Waals surface area (Å²) in [5, 5.41) is 4.60. The van der Waals surface area contributed by atoms with Gasteiger partial charge >= 0.3 is 0 Å². The maximum absolute atomic E-state index is 5.97. The van der Waals surface area contributed by atoms with Crippen LogP contribution in [0.2, 0.25) is 0 Å². The molecule has 4 heteroatoms. The second-order valence-electron chi connectivity index (χ2n) is 5.81. The highest BCUT2D eigenvalue weighted by atomic mass is 15.1. The Bertz CT molecular complexity index is 580. The summed E-state index contributed by atoms with van der Waals surface area (Å²) in [5.74, 6) is 0. The second kappa shape index (κ2) is 7.27. The molecule has 0 atom stereocenters. The Balaban J connectivity index is 1.88. The lowest BCUT2D eigenvalue weighted by atomic mass is 10.1. The molecule has 114 valence electrons. The number of nitrogen functional groups attached to an aromatic ring is 1. The number of rotatable bonds is 7. The van der Waals surface area contributed by atoms with Gasteiger partial charge in [-0.25, -0.2) is 0 Å². The molecule has 0 radical (unpaired) electrons. The third-order valence-electron chi connectivity index (χ3n) is 3.94. The number of hydrogen-bond acceptors (Lipinski definition) is 4. The summed E-state index contributed by atoms with van der Waals surface area (Å²) in [6, 6.07) is 8.56. The topological polar surface area (TPSA) is 54.2 Å². The number of nitrogens with two attached hydrogens (primary N) is 1. The van der Waals surface area contributed by atoms with Gasteiger partial charge < -0.3 is 16.0 Å². The number of pyridine rings is 1. The van der Waals surface area contributed by atoms with Gasteiger partial charge in [-0.05, 0) is 52.4 Å². The minimum atomic E-state index is 0.616. The summed E-state index contributed by atoms with van der Waals surface area (Å²) in [5.41, 5.74) is 8.69. The number of fused-ring (bicyclic) bond motifs is 1. The lowest BCUT2D eigenvalue weighted by Crippen LogP contribution is -2.27. The molecule has 1 heterocycles. The minimum Gasteiger partial charge on any atom is -0.397 e. The molecule has 0 unspecified atom stereocenters. The summed E-state index contributed by atoms with van der Waals surface area (Å²) in [4.78, 5) is 6.73. The zero-order valence-corrected chi connectivity index (χ0v) is 13.3. The summed E-state index contributed by atoms with van der Waals surface area (Å²) >= 11 is 0. The average molecular weight is 286 g/mol. The number of nitrogens with one attached hydrogen (secondary N) is 1. The molecule has 0 aliphatic carbocycles. The van der Waals surface area contributed by atoms with Crippen LogP contribution in [-0.4, -0.2) is 36.1 Å². The number of nitrogens with zero attached hydrogens (tertiary/aromatic N) is 2. The van der Waals surface area contributed by atoms with Crippen molar-refractivity contribution in [3.8, 4) is 0 Å². The first-order valence-corrected chi connectivity index (χ1v) is 7.67. The van der Waals surface area contributed by atoms with Gasteiger partial charge in [-0.2, -0.15) is 0 Å². The molecule has 2 aromatic rings. The third kappa shape index (κ3) is 4.08. The standard InChI is InChI=1S/C17H26N4/c1-13(2)21(3)12-5-4-10-19-16-9-11-20-17-14(16)7-6-8-15(17)18/h6-9,11,13H,4-5,10,12,18H2,1-3H3,(H,19,20). The Kier molecular flexibility index (Phi) is 5.39. The lowest BCUT2D eigenvalue weighted by molar-refractivity contribution is 0.269. The molecule has 0 fully saturated rings. The van der Waals surface area contributed by atoms with E-state index in [-0.39, 0.29) is 0 Å². The molecule has 1 aromatic carbocycles. The quantitative estimate of drug-likeness (QED) is 0.605. The van der Waals surface area contributed by atoms with E-state index in [1.54, 1.807) is 0 Å². The van der Waals surface area contributed by atoms with Crippen molar-refractivity contribution >= 4 is 22.3 Å². The van der Waals surface area contributed by atoms with Crippen LogP contribution in [0.1, 0.15) is 26.7 Å². The van der Waals surface area contributed by atoms with Crippen LogP contribution in [0, 0.1) is 0 Å². The van der Waals surface area contributed by atoms with Crippen molar-refractivity contribution in [2.45, 2.75) is 32.7 Å². The van der Waals surface area contributed by atoms with Crippen molar-refractivity contribution in [3.63, 3.8) is 0 Å². The van der Waals surface area contributed by atoms with Crippen LogP contribution in [0.25, 0.3) is 10.9 Å². The largest absolute Gasteiger partial charge is 0.397 e. The fourth-order valence-electron chi connectivity index (χ4n) is 2.32. The smallest absolute Gasteiger partial charge is 0.0951 e. The molecule has 0 saturated carbocycles. The first-order valence-electron chi connectivity index (χ1n) is 7.67. The zero-order valence-electron chi connectivity index (χ0n) is 13.3. The summed E-state index contributed by atoms with van der Waals surface area (Å²) in [6.07, 6.45) is 4.17. The highest BCUT2D eigenvalue weighted by Crippen LogP contribution is 2.25. The first kappa shape index (κ1) is 15.6. The lowest BCUT2D eigenvalue weighted by Gasteiger charge is -2.20. The van der Waals surface area contributed by atoms with E-state index >= 15 is 0 Å². The van der Waals surface area contributed by atoms with E-state index in [1.165, 1.54) is 6.42 Å². The molecule has 0 saturated heterocycles. The molecular formula is C17H26N4. The van der Waals surface area contributed by atoms with Crippen LogP contribution in [-0.2, 0) is 0 Å². The molecule has 0 aliphatic rings. The predicted molar refractivity (Wildman–Crippen MR) is 91.6 cm³/mol. The monoisotopic (exact) mass is 286 g/mol. The van der Waals surface area contributed by atoms with Crippen LogP contribution < -0.4 is 11.1 Å². The van der Waals surface area contributed by atoms with E-state index in [9.17, 15) is 0 Å².